The molecule has 8 heteroatoms. The summed E-state index contributed by atoms with van der Waals surface area (Å²) in [5.74, 6) is 1.78. The molecule has 0 saturated carbocycles. The number of rotatable bonds is 9. The molecular formula is C26H24N2O5S. The zero-order valence-electron chi connectivity index (χ0n) is 19.1. The number of fused-ring (bicyclic) bond motifs is 1. The lowest BCUT2D eigenvalue weighted by atomic mass is 10.1. The number of Topliss-reactive ketones (excluding diaryl/α,β-unsaturated/α-hetero) is 1. The van der Waals surface area contributed by atoms with Crippen LogP contribution in [0.15, 0.2) is 76.7 Å². The van der Waals surface area contributed by atoms with Crippen LogP contribution >= 0.6 is 11.8 Å². The highest BCUT2D eigenvalue weighted by molar-refractivity contribution is 7.99. The Morgan fingerprint density at radius 2 is 1.71 bits per heavy atom. The topological polar surface area (TPSA) is 79.7 Å². The van der Waals surface area contributed by atoms with E-state index in [1.807, 2.05) is 13.0 Å². The first-order chi connectivity index (χ1) is 16.5. The predicted molar refractivity (Wildman–Crippen MR) is 133 cm³/mol. The number of ketones is 1. The molecule has 1 heterocycles. The largest absolute Gasteiger partial charge is 0.497 e. The molecule has 0 aliphatic rings. The number of aromatic nitrogens is 2. The molecule has 174 valence electrons. The Morgan fingerprint density at radius 3 is 2.41 bits per heavy atom. The van der Waals surface area contributed by atoms with E-state index in [1.54, 1.807) is 67.8 Å². The van der Waals surface area contributed by atoms with Crippen molar-refractivity contribution in [1.29, 1.82) is 0 Å². The Bertz CT molecular complexity index is 1380. The maximum Gasteiger partial charge on any atom is 0.266 e. The molecule has 0 radical (unpaired) electrons. The van der Waals surface area contributed by atoms with Crippen molar-refractivity contribution in [1.82, 2.24) is 9.55 Å². The van der Waals surface area contributed by atoms with Crippen molar-refractivity contribution in [3.8, 4) is 22.9 Å². The number of carbonyl (C=O) groups is 1. The van der Waals surface area contributed by atoms with Gasteiger partial charge < -0.3 is 14.2 Å². The molecule has 0 N–H and O–H groups in total. The minimum Gasteiger partial charge on any atom is -0.497 e. The molecule has 7 nitrogen and oxygen atoms in total. The van der Waals surface area contributed by atoms with Gasteiger partial charge in [0.25, 0.3) is 5.56 Å². The van der Waals surface area contributed by atoms with Gasteiger partial charge in [-0.3, -0.25) is 14.2 Å². The minimum absolute atomic E-state index is 0.0837. The molecule has 0 fully saturated rings. The van der Waals surface area contributed by atoms with Crippen molar-refractivity contribution >= 4 is 28.4 Å². The van der Waals surface area contributed by atoms with Gasteiger partial charge in [0.1, 0.15) is 17.2 Å². The second kappa shape index (κ2) is 10.4. The van der Waals surface area contributed by atoms with Crippen LogP contribution in [0.3, 0.4) is 0 Å². The van der Waals surface area contributed by atoms with Crippen LogP contribution in [0.2, 0.25) is 0 Å². The third kappa shape index (κ3) is 4.77. The highest BCUT2D eigenvalue weighted by Crippen LogP contribution is 2.31. The fraction of sp³-hybridized carbons (Fsp3) is 0.192. The number of benzene rings is 3. The van der Waals surface area contributed by atoms with E-state index >= 15 is 0 Å². The first-order valence-corrected chi connectivity index (χ1v) is 11.7. The fourth-order valence-corrected chi connectivity index (χ4v) is 4.41. The average Bonchev–Trinajstić information content (AvgIpc) is 2.87. The molecule has 0 unspecified atom stereocenters. The molecule has 4 rings (SSSR count). The van der Waals surface area contributed by atoms with E-state index in [4.69, 9.17) is 19.2 Å². The van der Waals surface area contributed by atoms with Gasteiger partial charge in [0, 0.05) is 11.6 Å². The number of hydrogen-bond donors (Lipinski definition) is 0. The van der Waals surface area contributed by atoms with Crippen molar-refractivity contribution in [3.05, 3.63) is 82.6 Å². The summed E-state index contributed by atoms with van der Waals surface area (Å²) < 4.78 is 17.8. The Kier molecular flexibility index (Phi) is 7.18. The van der Waals surface area contributed by atoms with Gasteiger partial charge in [-0.25, -0.2) is 4.98 Å². The van der Waals surface area contributed by atoms with E-state index in [-0.39, 0.29) is 17.1 Å². The summed E-state index contributed by atoms with van der Waals surface area (Å²) in [4.78, 5) is 31.1. The first-order valence-electron chi connectivity index (χ1n) is 10.7. The average molecular weight is 477 g/mol. The Balaban J connectivity index is 1.75. The number of carbonyl (C=O) groups excluding carboxylic acids is 1. The van der Waals surface area contributed by atoms with Gasteiger partial charge in [-0.05, 0) is 55.5 Å². The van der Waals surface area contributed by atoms with Gasteiger partial charge in [-0.2, -0.15) is 0 Å². The molecule has 0 amide bonds. The summed E-state index contributed by atoms with van der Waals surface area (Å²) in [5.41, 5.74) is 1.35. The lowest BCUT2D eigenvalue weighted by Gasteiger charge is -2.16. The molecule has 3 aromatic carbocycles. The van der Waals surface area contributed by atoms with Crippen LogP contribution in [0.4, 0.5) is 0 Å². The van der Waals surface area contributed by atoms with Crippen molar-refractivity contribution in [2.24, 2.45) is 0 Å². The van der Waals surface area contributed by atoms with Gasteiger partial charge in [0.05, 0.1) is 43.2 Å². The molecular weight excluding hydrogens is 452 g/mol. The van der Waals surface area contributed by atoms with Gasteiger partial charge in [-0.15, -0.1) is 0 Å². The van der Waals surface area contributed by atoms with E-state index in [0.717, 1.165) is 0 Å². The van der Waals surface area contributed by atoms with Crippen LogP contribution in [0.25, 0.3) is 16.6 Å². The number of hydrogen-bond acceptors (Lipinski definition) is 7. The van der Waals surface area contributed by atoms with E-state index < -0.39 is 0 Å². The van der Waals surface area contributed by atoms with Gasteiger partial charge >= 0.3 is 0 Å². The van der Waals surface area contributed by atoms with Crippen molar-refractivity contribution in [3.63, 3.8) is 0 Å². The van der Waals surface area contributed by atoms with Crippen LogP contribution < -0.4 is 19.8 Å². The normalized spacial score (nSPS) is 10.8. The first kappa shape index (κ1) is 23.4. The second-order valence-electron chi connectivity index (χ2n) is 7.26. The summed E-state index contributed by atoms with van der Waals surface area (Å²) in [6.07, 6.45) is 0. The van der Waals surface area contributed by atoms with E-state index in [2.05, 4.69) is 0 Å². The lowest BCUT2D eigenvalue weighted by Crippen LogP contribution is -2.22. The molecule has 34 heavy (non-hydrogen) atoms. The van der Waals surface area contributed by atoms with E-state index in [0.29, 0.717) is 51.2 Å². The second-order valence-corrected chi connectivity index (χ2v) is 8.20. The summed E-state index contributed by atoms with van der Waals surface area (Å²) >= 11 is 1.20. The van der Waals surface area contributed by atoms with Gasteiger partial charge in [0.15, 0.2) is 10.9 Å². The zero-order chi connectivity index (χ0) is 24.1. The molecule has 0 bridgehead atoms. The monoisotopic (exact) mass is 476 g/mol. The number of methoxy groups -OCH3 is 2. The lowest BCUT2D eigenvalue weighted by molar-refractivity contribution is 0.102. The highest BCUT2D eigenvalue weighted by Gasteiger charge is 2.19. The fourth-order valence-electron chi connectivity index (χ4n) is 3.51. The highest BCUT2D eigenvalue weighted by atomic mass is 32.2. The third-order valence-electron chi connectivity index (χ3n) is 5.19. The van der Waals surface area contributed by atoms with E-state index in [1.165, 1.54) is 23.4 Å². The van der Waals surface area contributed by atoms with Crippen molar-refractivity contribution in [2.45, 2.75) is 12.1 Å². The summed E-state index contributed by atoms with van der Waals surface area (Å²) in [6.45, 7) is 2.46. The standard InChI is InChI=1S/C26H24N2O5S/c1-4-33-18-11-9-17(10-12-18)23(29)16-34-26-27-21-8-6-5-7-20(21)25(30)28(26)22-15-19(31-2)13-14-24(22)32-3/h5-15H,4,16H2,1-3H3. The van der Waals surface area contributed by atoms with Crippen molar-refractivity contribution < 1.29 is 19.0 Å². The van der Waals surface area contributed by atoms with Crippen LogP contribution in [-0.2, 0) is 0 Å². The molecule has 0 atom stereocenters. The molecule has 0 spiro atoms. The quantitative estimate of drug-likeness (QED) is 0.195. The Labute approximate surface area is 201 Å². The summed E-state index contributed by atoms with van der Waals surface area (Å²) in [6, 6.07) is 19.3. The molecule has 0 saturated heterocycles. The predicted octanol–water partition coefficient (Wildman–Crippen LogP) is 4.78. The number of para-hydroxylation sites is 1. The smallest absolute Gasteiger partial charge is 0.266 e. The van der Waals surface area contributed by atoms with E-state index in [9.17, 15) is 9.59 Å². The summed E-state index contributed by atoms with van der Waals surface area (Å²) in [5, 5.41) is 0.851. The maximum absolute atomic E-state index is 13.5. The van der Waals surface area contributed by atoms with Crippen LogP contribution in [0, 0.1) is 0 Å². The molecule has 0 aliphatic heterocycles. The van der Waals surface area contributed by atoms with Crippen molar-refractivity contribution in [2.75, 3.05) is 26.6 Å². The van der Waals surface area contributed by atoms with Gasteiger partial charge in [0.2, 0.25) is 0 Å². The zero-order valence-corrected chi connectivity index (χ0v) is 19.9. The van der Waals surface area contributed by atoms with Crippen LogP contribution in [-0.4, -0.2) is 41.9 Å². The van der Waals surface area contributed by atoms with Crippen LogP contribution in [0.1, 0.15) is 17.3 Å². The van der Waals surface area contributed by atoms with Gasteiger partial charge in [-0.1, -0.05) is 23.9 Å². The number of ether oxygens (including phenoxy) is 3. The maximum atomic E-state index is 13.5. The Morgan fingerprint density at radius 1 is 0.971 bits per heavy atom. The molecule has 1 aromatic heterocycles. The summed E-state index contributed by atoms with van der Waals surface area (Å²) in [7, 11) is 3.09. The number of nitrogens with zero attached hydrogens (tertiary/aromatic N) is 2. The SMILES string of the molecule is CCOc1ccc(C(=O)CSc2nc3ccccc3c(=O)n2-c2cc(OC)ccc2OC)cc1. The molecule has 0 aliphatic carbocycles. The number of thioether (sulfide) groups is 1. The third-order valence-corrected chi connectivity index (χ3v) is 6.13. The Hall–Kier alpha value is -3.78. The molecule has 4 aromatic rings. The van der Waals surface area contributed by atoms with Crippen LogP contribution in [0.5, 0.6) is 17.2 Å². The minimum atomic E-state index is -0.256.